The van der Waals surface area contributed by atoms with E-state index in [1.807, 2.05) is 37.3 Å². The number of aliphatic hydroxyl groups excluding tert-OH is 1. The fourth-order valence-electron chi connectivity index (χ4n) is 2.03. The van der Waals surface area contributed by atoms with Gasteiger partial charge < -0.3 is 16.2 Å². The highest BCUT2D eigenvalue weighted by atomic mass is 16.3. The van der Waals surface area contributed by atoms with E-state index in [0.717, 1.165) is 11.1 Å². The highest BCUT2D eigenvalue weighted by Crippen LogP contribution is 2.13. The fraction of sp³-hybridized carbons (Fsp3) is 0.188. The van der Waals surface area contributed by atoms with E-state index in [2.05, 4.69) is 5.32 Å². The molecule has 1 atom stereocenters. The summed E-state index contributed by atoms with van der Waals surface area (Å²) in [5, 5.41) is 12.7. The van der Waals surface area contributed by atoms with Crippen molar-refractivity contribution in [2.75, 3.05) is 12.3 Å². The number of nitrogens with one attached hydrogen (secondary N) is 1. The molecule has 0 saturated carbocycles. The molecule has 4 N–H and O–H groups in total. The molecule has 1 amide bonds. The molecular formula is C16H18N2O2. The lowest BCUT2D eigenvalue weighted by Gasteiger charge is -2.12. The predicted octanol–water partition coefficient (Wildman–Crippen LogP) is 2.04. The molecule has 0 aliphatic heterocycles. The number of nitrogen functional groups attached to an aromatic ring is 1. The molecule has 0 spiro atoms. The second-order valence-electron chi connectivity index (χ2n) is 4.77. The topological polar surface area (TPSA) is 75.4 Å². The van der Waals surface area contributed by atoms with Crippen molar-refractivity contribution in [1.82, 2.24) is 5.32 Å². The molecule has 0 heterocycles. The molecule has 0 aliphatic rings. The van der Waals surface area contributed by atoms with E-state index < -0.39 is 6.10 Å². The normalized spacial score (nSPS) is 11.9. The van der Waals surface area contributed by atoms with Gasteiger partial charge in [0.15, 0.2) is 0 Å². The van der Waals surface area contributed by atoms with Gasteiger partial charge in [-0.25, -0.2) is 0 Å². The predicted molar refractivity (Wildman–Crippen MR) is 79.3 cm³/mol. The Balaban J connectivity index is 1.98. The van der Waals surface area contributed by atoms with Crippen LogP contribution >= 0.6 is 0 Å². The SMILES string of the molecule is Cc1cc(N)cc(C(=O)NCC(O)c2ccccc2)c1. The molecule has 0 bridgehead atoms. The third kappa shape index (κ3) is 3.59. The van der Waals surface area contributed by atoms with Gasteiger partial charge in [-0.05, 0) is 36.2 Å². The van der Waals surface area contributed by atoms with Crippen LogP contribution in [0.5, 0.6) is 0 Å². The number of aliphatic hydroxyl groups is 1. The summed E-state index contributed by atoms with van der Waals surface area (Å²) in [6.45, 7) is 2.04. The zero-order chi connectivity index (χ0) is 14.5. The summed E-state index contributed by atoms with van der Waals surface area (Å²) < 4.78 is 0. The van der Waals surface area contributed by atoms with Crippen molar-refractivity contribution in [2.24, 2.45) is 0 Å². The highest BCUT2D eigenvalue weighted by Gasteiger charge is 2.11. The van der Waals surface area contributed by atoms with E-state index in [-0.39, 0.29) is 12.5 Å². The molecule has 4 heteroatoms. The van der Waals surface area contributed by atoms with Crippen LogP contribution in [0.1, 0.15) is 27.6 Å². The second kappa shape index (κ2) is 6.21. The Morgan fingerprint density at radius 2 is 1.95 bits per heavy atom. The lowest BCUT2D eigenvalue weighted by Crippen LogP contribution is -2.28. The molecule has 0 aliphatic carbocycles. The van der Waals surface area contributed by atoms with Crippen molar-refractivity contribution in [3.8, 4) is 0 Å². The average Bonchev–Trinajstić information content (AvgIpc) is 2.44. The summed E-state index contributed by atoms with van der Waals surface area (Å²) in [6, 6.07) is 14.4. The number of nitrogens with two attached hydrogens (primary N) is 1. The summed E-state index contributed by atoms with van der Waals surface area (Å²) in [5.41, 5.74) is 8.48. The smallest absolute Gasteiger partial charge is 0.251 e. The van der Waals surface area contributed by atoms with Crippen LogP contribution in [0.25, 0.3) is 0 Å². The minimum absolute atomic E-state index is 0.163. The molecule has 1 unspecified atom stereocenters. The van der Waals surface area contributed by atoms with Crippen molar-refractivity contribution in [3.05, 3.63) is 65.2 Å². The van der Waals surface area contributed by atoms with Crippen LogP contribution in [-0.4, -0.2) is 17.6 Å². The summed E-state index contributed by atoms with van der Waals surface area (Å²) in [7, 11) is 0. The van der Waals surface area contributed by atoms with Gasteiger partial charge in [0.25, 0.3) is 5.91 Å². The Bertz CT molecular complexity index is 576. The summed E-state index contributed by atoms with van der Waals surface area (Å²) in [4.78, 5) is 12.0. The number of aryl methyl sites for hydroxylation is 1. The first-order valence-electron chi connectivity index (χ1n) is 6.44. The maximum Gasteiger partial charge on any atom is 0.251 e. The Hall–Kier alpha value is -2.33. The molecule has 20 heavy (non-hydrogen) atoms. The first-order chi connectivity index (χ1) is 9.56. The van der Waals surface area contributed by atoms with E-state index >= 15 is 0 Å². The Kier molecular flexibility index (Phi) is 4.38. The number of carbonyl (C=O) groups is 1. The van der Waals surface area contributed by atoms with Gasteiger partial charge in [0.2, 0.25) is 0 Å². The van der Waals surface area contributed by atoms with Crippen molar-refractivity contribution in [1.29, 1.82) is 0 Å². The van der Waals surface area contributed by atoms with E-state index in [4.69, 9.17) is 5.73 Å². The van der Waals surface area contributed by atoms with Gasteiger partial charge in [-0.3, -0.25) is 4.79 Å². The Morgan fingerprint density at radius 3 is 2.60 bits per heavy atom. The zero-order valence-electron chi connectivity index (χ0n) is 11.3. The minimum atomic E-state index is -0.720. The Morgan fingerprint density at radius 1 is 1.25 bits per heavy atom. The third-order valence-corrected chi connectivity index (χ3v) is 3.00. The third-order valence-electron chi connectivity index (χ3n) is 3.00. The molecule has 2 aromatic carbocycles. The lowest BCUT2D eigenvalue weighted by atomic mass is 10.1. The number of rotatable bonds is 4. The maximum absolute atomic E-state index is 12.0. The van der Waals surface area contributed by atoms with Crippen molar-refractivity contribution >= 4 is 11.6 Å². The molecule has 2 aromatic rings. The van der Waals surface area contributed by atoms with Crippen molar-refractivity contribution in [2.45, 2.75) is 13.0 Å². The quantitative estimate of drug-likeness (QED) is 0.744. The van der Waals surface area contributed by atoms with E-state index in [9.17, 15) is 9.90 Å². The van der Waals surface area contributed by atoms with Gasteiger partial charge in [0, 0.05) is 17.8 Å². The zero-order valence-corrected chi connectivity index (χ0v) is 11.3. The number of hydrogen-bond donors (Lipinski definition) is 3. The molecule has 0 radical (unpaired) electrons. The number of benzene rings is 2. The summed E-state index contributed by atoms with van der Waals surface area (Å²) in [5.74, 6) is -0.240. The number of anilines is 1. The average molecular weight is 270 g/mol. The van der Waals surface area contributed by atoms with Crippen LogP contribution in [0.3, 0.4) is 0 Å². The van der Waals surface area contributed by atoms with Gasteiger partial charge in [0.1, 0.15) is 0 Å². The molecule has 104 valence electrons. The number of hydrogen-bond acceptors (Lipinski definition) is 3. The van der Waals surface area contributed by atoms with Gasteiger partial charge in [0.05, 0.1) is 6.10 Å². The van der Waals surface area contributed by atoms with E-state index in [1.54, 1.807) is 18.2 Å². The lowest BCUT2D eigenvalue weighted by molar-refractivity contribution is 0.0916. The monoisotopic (exact) mass is 270 g/mol. The van der Waals surface area contributed by atoms with Crippen molar-refractivity contribution < 1.29 is 9.90 Å². The van der Waals surface area contributed by atoms with Crippen LogP contribution in [-0.2, 0) is 0 Å². The molecule has 0 fully saturated rings. The first kappa shape index (κ1) is 14.1. The largest absolute Gasteiger partial charge is 0.399 e. The number of carbonyl (C=O) groups excluding carboxylic acids is 1. The van der Waals surface area contributed by atoms with Crippen LogP contribution in [0.15, 0.2) is 48.5 Å². The van der Waals surface area contributed by atoms with Gasteiger partial charge >= 0.3 is 0 Å². The minimum Gasteiger partial charge on any atom is -0.399 e. The molecule has 0 saturated heterocycles. The summed E-state index contributed by atoms with van der Waals surface area (Å²) >= 11 is 0. The van der Waals surface area contributed by atoms with Crippen LogP contribution in [0, 0.1) is 6.92 Å². The van der Waals surface area contributed by atoms with Crippen molar-refractivity contribution in [3.63, 3.8) is 0 Å². The fourth-order valence-corrected chi connectivity index (χ4v) is 2.03. The van der Waals surface area contributed by atoms with Crippen LogP contribution in [0.2, 0.25) is 0 Å². The standard InChI is InChI=1S/C16H18N2O2/c1-11-7-13(9-14(17)8-11)16(20)18-10-15(19)12-5-3-2-4-6-12/h2-9,15,19H,10,17H2,1H3,(H,18,20). The molecular weight excluding hydrogens is 252 g/mol. The molecule has 4 nitrogen and oxygen atoms in total. The molecule has 0 aromatic heterocycles. The van der Waals surface area contributed by atoms with E-state index in [0.29, 0.717) is 11.3 Å². The van der Waals surface area contributed by atoms with E-state index in [1.165, 1.54) is 0 Å². The summed E-state index contributed by atoms with van der Waals surface area (Å²) in [6.07, 6.45) is -0.720. The molecule has 2 rings (SSSR count). The van der Waals surface area contributed by atoms with Gasteiger partial charge in [-0.1, -0.05) is 30.3 Å². The first-order valence-corrected chi connectivity index (χ1v) is 6.44. The van der Waals surface area contributed by atoms with Crippen LogP contribution in [0.4, 0.5) is 5.69 Å². The van der Waals surface area contributed by atoms with Gasteiger partial charge in [-0.15, -0.1) is 0 Å². The van der Waals surface area contributed by atoms with Gasteiger partial charge in [-0.2, -0.15) is 0 Å². The highest BCUT2D eigenvalue weighted by molar-refractivity contribution is 5.95. The maximum atomic E-state index is 12.0. The second-order valence-corrected chi connectivity index (χ2v) is 4.77. The van der Waals surface area contributed by atoms with Crippen LogP contribution < -0.4 is 11.1 Å². The number of amides is 1. The Labute approximate surface area is 118 Å².